The fourth-order valence-corrected chi connectivity index (χ4v) is 2.86. The molecule has 3 aromatic rings. The summed E-state index contributed by atoms with van der Waals surface area (Å²) in [5.74, 6) is -0.152. The van der Waals surface area contributed by atoms with E-state index in [4.69, 9.17) is 4.74 Å². The molecule has 144 valence electrons. The van der Waals surface area contributed by atoms with Crippen molar-refractivity contribution < 1.29 is 13.9 Å². The summed E-state index contributed by atoms with van der Waals surface area (Å²) < 4.78 is 19.3. The van der Waals surface area contributed by atoms with Crippen LogP contribution in [0.3, 0.4) is 0 Å². The molecule has 0 aliphatic heterocycles. The molecule has 1 amide bonds. The van der Waals surface area contributed by atoms with E-state index in [1.54, 1.807) is 54.6 Å². The minimum absolute atomic E-state index is 0.0132. The third-order valence-electron chi connectivity index (χ3n) is 4.00. The van der Waals surface area contributed by atoms with E-state index < -0.39 is 5.91 Å². The largest absolute Gasteiger partial charge is 0.489 e. The second-order valence-corrected chi connectivity index (χ2v) is 6.94. The van der Waals surface area contributed by atoms with Crippen LogP contribution in [-0.2, 0) is 11.4 Å². The highest BCUT2D eigenvalue weighted by Crippen LogP contribution is 2.22. The van der Waals surface area contributed by atoms with Crippen molar-refractivity contribution in [2.75, 3.05) is 5.32 Å². The zero-order valence-electron chi connectivity index (χ0n) is 15.2. The van der Waals surface area contributed by atoms with Gasteiger partial charge >= 0.3 is 0 Å². The van der Waals surface area contributed by atoms with Gasteiger partial charge in [-0.05, 0) is 69.5 Å². The second-order valence-electron chi connectivity index (χ2n) is 6.09. The van der Waals surface area contributed by atoms with E-state index in [-0.39, 0.29) is 11.4 Å². The number of hydrogen-bond donors (Lipinski definition) is 1. The maximum Gasteiger partial charge on any atom is 0.266 e. The number of ether oxygens (including phenoxy) is 1. The maximum absolute atomic E-state index is 12.9. The molecule has 0 saturated carbocycles. The molecule has 0 spiro atoms. The molecule has 4 nitrogen and oxygen atoms in total. The molecule has 1 N–H and O–H groups in total. The average molecular weight is 451 g/mol. The van der Waals surface area contributed by atoms with E-state index in [1.807, 2.05) is 12.1 Å². The van der Waals surface area contributed by atoms with Gasteiger partial charge in [0.1, 0.15) is 29.8 Å². The van der Waals surface area contributed by atoms with Gasteiger partial charge in [0, 0.05) is 4.47 Å². The number of nitriles is 1. The van der Waals surface area contributed by atoms with Crippen LogP contribution >= 0.6 is 15.9 Å². The number of hydrogen-bond acceptors (Lipinski definition) is 3. The second kappa shape index (κ2) is 9.67. The lowest BCUT2D eigenvalue weighted by atomic mass is 10.1. The molecule has 0 unspecified atom stereocenters. The Hall–Kier alpha value is -3.43. The van der Waals surface area contributed by atoms with E-state index >= 15 is 0 Å². The molecule has 0 saturated heterocycles. The third-order valence-corrected chi connectivity index (χ3v) is 4.69. The lowest BCUT2D eigenvalue weighted by molar-refractivity contribution is -0.112. The monoisotopic (exact) mass is 450 g/mol. The molecule has 0 bridgehead atoms. The van der Waals surface area contributed by atoms with Gasteiger partial charge in [-0.3, -0.25) is 4.79 Å². The van der Waals surface area contributed by atoms with Crippen molar-refractivity contribution >= 4 is 33.6 Å². The van der Waals surface area contributed by atoms with Crippen molar-refractivity contribution in [2.24, 2.45) is 0 Å². The minimum atomic E-state index is -0.490. The van der Waals surface area contributed by atoms with Crippen molar-refractivity contribution in [1.29, 1.82) is 5.26 Å². The Morgan fingerprint density at radius 3 is 2.41 bits per heavy atom. The molecule has 0 heterocycles. The molecule has 29 heavy (non-hydrogen) atoms. The van der Waals surface area contributed by atoms with Crippen LogP contribution in [0.5, 0.6) is 5.75 Å². The molecule has 0 aromatic heterocycles. The number of amides is 1. The number of halogens is 2. The summed E-state index contributed by atoms with van der Waals surface area (Å²) in [6.07, 6.45) is 1.51. The molecule has 0 atom stereocenters. The summed E-state index contributed by atoms with van der Waals surface area (Å²) in [6.45, 7) is 0.313. The highest BCUT2D eigenvalue weighted by atomic mass is 79.9. The standard InChI is InChI=1S/C23H16BrFN2O2/c24-21-3-1-2-4-22(21)27-23(28)18(14-26)13-16-7-11-20(12-8-16)29-15-17-5-9-19(25)10-6-17/h1-13H,15H2,(H,27,28). The van der Waals surface area contributed by atoms with Crippen LogP contribution in [0.15, 0.2) is 82.8 Å². The van der Waals surface area contributed by atoms with Crippen molar-refractivity contribution in [2.45, 2.75) is 6.61 Å². The van der Waals surface area contributed by atoms with Gasteiger partial charge in [0.15, 0.2) is 0 Å². The first-order valence-corrected chi connectivity index (χ1v) is 9.49. The zero-order chi connectivity index (χ0) is 20.6. The number of nitrogens with one attached hydrogen (secondary N) is 1. The van der Waals surface area contributed by atoms with Crippen molar-refractivity contribution in [1.82, 2.24) is 0 Å². The molecular weight excluding hydrogens is 435 g/mol. The summed E-state index contributed by atoms with van der Waals surface area (Å²) in [5, 5.41) is 12.1. The van der Waals surface area contributed by atoms with Crippen LogP contribution in [0.1, 0.15) is 11.1 Å². The molecule has 0 aliphatic rings. The summed E-state index contributed by atoms with van der Waals surface area (Å²) in [6, 6.07) is 22.2. The van der Waals surface area contributed by atoms with Crippen LogP contribution in [0.2, 0.25) is 0 Å². The zero-order valence-corrected chi connectivity index (χ0v) is 16.8. The number of anilines is 1. The Bertz CT molecular complexity index is 1070. The van der Waals surface area contributed by atoms with Gasteiger partial charge < -0.3 is 10.1 Å². The Balaban J connectivity index is 1.65. The summed E-state index contributed by atoms with van der Waals surface area (Å²) >= 11 is 3.36. The molecule has 0 aliphatic carbocycles. The Morgan fingerprint density at radius 1 is 1.07 bits per heavy atom. The SMILES string of the molecule is N#CC(=Cc1ccc(OCc2ccc(F)cc2)cc1)C(=O)Nc1ccccc1Br. The lowest BCUT2D eigenvalue weighted by Gasteiger charge is -2.07. The molecule has 6 heteroatoms. The Morgan fingerprint density at radius 2 is 1.76 bits per heavy atom. The Labute approximate surface area is 176 Å². The van der Waals surface area contributed by atoms with Crippen molar-refractivity contribution in [3.05, 3.63) is 99.8 Å². The predicted octanol–water partition coefficient (Wildman–Crippen LogP) is 5.71. The normalized spacial score (nSPS) is 10.9. The molecular formula is C23H16BrFN2O2. The van der Waals surface area contributed by atoms with E-state index in [2.05, 4.69) is 21.2 Å². The summed E-state index contributed by atoms with van der Waals surface area (Å²) in [4.78, 5) is 12.4. The van der Waals surface area contributed by atoms with E-state index in [1.165, 1.54) is 18.2 Å². The Kier molecular flexibility index (Phi) is 6.77. The molecule has 3 rings (SSSR count). The van der Waals surface area contributed by atoms with Crippen molar-refractivity contribution in [3.63, 3.8) is 0 Å². The number of nitrogens with zero attached hydrogens (tertiary/aromatic N) is 1. The van der Waals surface area contributed by atoms with Gasteiger partial charge in [-0.25, -0.2) is 4.39 Å². The number of para-hydroxylation sites is 1. The maximum atomic E-state index is 12.9. The van der Waals surface area contributed by atoms with E-state index in [0.29, 0.717) is 23.6 Å². The number of benzene rings is 3. The topological polar surface area (TPSA) is 62.1 Å². The van der Waals surface area contributed by atoms with Gasteiger partial charge in [-0.1, -0.05) is 36.4 Å². The smallest absolute Gasteiger partial charge is 0.266 e. The van der Waals surface area contributed by atoms with Crippen molar-refractivity contribution in [3.8, 4) is 11.8 Å². The summed E-state index contributed by atoms with van der Waals surface area (Å²) in [7, 11) is 0. The first kappa shape index (κ1) is 20.3. The predicted molar refractivity (Wildman–Crippen MR) is 114 cm³/mol. The van der Waals surface area contributed by atoms with Crippen LogP contribution < -0.4 is 10.1 Å². The average Bonchev–Trinajstić information content (AvgIpc) is 2.74. The number of carbonyl (C=O) groups is 1. The number of rotatable bonds is 6. The van der Waals surface area contributed by atoms with Gasteiger partial charge in [0.05, 0.1) is 5.69 Å². The third kappa shape index (κ3) is 5.77. The van der Waals surface area contributed by atoms with E-state index in [9.17, 15) is 14.4 Å². The van der Waals surface area contributed by atoms with Gasteiger partial charge in [0.25, 0.3) is 5.91 Å². The van der Waals surface area contributed by atoms with Gasteiger partial charge in [-0.2, -0.15) is 5.26 Å². The molecule has 0 fully saturated rings. The van der Waals surface area contributed by atoms with Crippen LogP contribution in [0.25, 0.3) is 6.08 Å². The molecule has 0 radical (unpaired) electrons. The first-order valence-electron chi connectivity index (χ1n) is 8.70. The quantitative estimate of drug-likeness (QED) is 0.386. The fourth-order valence-electron chi connectivity index (χ4n) is 2.48. The fraction of sp³-hybridized carbons (Fsp3) is 0.0435. The van der Waals surface area contributed by atoms with Gasteiger partial charge in [0.2, 0.25) is 0 Å². The summed E-state index contributed by atoms with van der Waals surface area (Å²) in [5.41, 5.74) is 2.12. The highest BCUT2D eigenvalue weighted by Gasteiger charge is 2.11. The van der Waals surface area contributed by atoms with Crippen LogP contribution in [0, 0.1) is 17.1 Å². The highest BCUT2D eigenvalue weighted by molar-refractivity contribution is 9.10. The minimum Gasteiger partial charge on any atom is -0.489 e. The van der Waals surface area contributed by atoms with Crippen LogP contribution in [-0.4, -0.2) is 5.91 Å². The van der Waals surface area contributed by atoms with Gasteiger partial charge in [-0.15, -0.1) is 0 Å². The lowest BCUT2D eigenvalue weighted by Crippen LogP contribution is -2.13. The first-order chi connectivity index (χ1) is 14.0. The van der Waals surface area contributed by atoms with Crippen LogP contribution in [0.4, 0.5) is 10.1 Å². The van der Waals surface area contributed by atoms with E-state index in [0.717, 1.165) is 10.0 Å². The number of carbonyl (C=O) groups excluding carboxylic acids is 1. The molecule has 3 aromatic carbocycles.